The molecule has 0 radical (unpaired) electrons. The molecule has 0 spiro atoms. The van der Waals surface area contributed by atoms with Crippen LogP contribution in [-0.4, -0.2) is 37.9 Å². The zero-order chi connectivity index (χ0) is 17.2. The molecule has 0 unspecified atom stereocenters. The molecular formula is C17H23NO5S. The Morgan fingerprint density at radius 3 is 2.71 bits per heavy atom. The van der Waals surface area contributed by atoms with E-state index in [-0.39, 0.29) is 17.7 Å². The van der Waals surface area contributed by atoms with Gasteiger partial charge >= 0.3 is 5.97 Å². The first-order valence-corrected chi connectivity index (χ1v) is 10.1. The number of rotatable bonds is 6. The number of nitrogens with one attached hydrogen (secondary N) is 1. The number of hydrogen-bond acceptors (Lipinski definition) is 4. The quantitative estimate of drug-likeness (QED) is 0.812. The minimum atomic E-state index is -3.36. The molecule has 132 valence electrons. The SMILES string of the molecule is O=C(O)C1CCC(NS(=O)(=O)CCc2ccc3c(c2)CCO3)CC1. The first kappa shape index (κ1) is 17.2. The highest BCUT2D eigenvalue weighted by Gasteiger charge is 2.28. The van der Waals surface area contributed by atoms with Gasteiger partial charge in [0.1, 0.15) is 5.75 Å². The highest BCUT2D eigenvalue weighted by atomic mass is 32.2. The van der Waals surface area contributed by atoms with Gasteiger partial charge < -0.3 is 9.84 Å². The van der Waals surface area contributed by atoms with Crippen LogP contribution in [0.4, 0.5) is 0 Å². The highest BCUT2D eigenvalue weighted by Crippen LogP contribution is 2.27. The number of carbonyl (C=O) groups is 1. The molecule has 0 atom stereocenters. The summed E-state index contributed by atoms with van der Waals surface area (Å²) in [4.78, 5) is 10.9. The molecule has 1 fully saturated rings. The Morgan fingerprint density at radius 1 is 1.25 bits per heavy atom. The van der Waals surface area contributed by atoms with E-state index in [0.29, 0.717) is 38.7 Å². The van der Waals surface area contributed by atoms with E-state index < -0.39 is 16.0 Å². The molecular weight excluding hydrogens is 330 g/mol. The van der Waals surface area contributed by atoms with Crippen LogP contribution in [0.3, 0.4) is 0 Å². The van der Waals surface area contributed by atoms with Gasteiger partial charge in [-0.05, 0) is 49.3 Å². The van der Waals surface area contributed by atoms with Crippen LogP contribution in [0.5, 0.6) is 5.75 Å². The monoisotopic (exact) mass is 353 g/mol. The predicted molar refractivity (Wildman–Crippen MR) is 89.6 cm³/mol. The smallest absolute Gasteiger partial charge is 0.306 e. The van der Waals surface area contributed by atoms with Crippen LogP contribution in [-0.2, 0) is 27.7 Å². The molecule has 6 nitrogen and oxygen atoms in total. The van der Waals surface area contributed by atoms with E-state index in [2.05, 4.69) is 4.72 Å². The molecule has 1 heterocycles. The van der Waals surface area contributed by atoms with Gasteiger partial charge in [-0.3, -0.25) is 4.79 Å². The number of hydrogen-bond donors (Lipinski definition) is 2. The van der Waals surface area contributed by atoms with Crippen molar-refractivity contribution in [3.8, 4) is 5.75 Å². The molecule has 1 aromatic rings. The zero-order valence-electron chi connectivity index (χ0n) is 13.5. The van der Waals surface area contributed by atoms with Gasteiger partial charge in [-0.2, -0.15) is 0 Å². The second-order valence-corrected chi connectivity index (χ2v) is 8.49. The number of sulfonamides is 1. The van der Waals surface area contributed by atoms with Gasteiger partial charge in [0.15, 0.2) is 0 Å². The fraction of sp³-hybridized carbons (Fsp3) is 0.588. The maximum absolute atomic E-state index is 12.3. The number of aryl methyl sites for hydroxylation is 1. The normalized spacial score (nSPS) is 23.5. The fourth-order valence-corrected chi connectivity index (χ4v) is 4.78. The molecule has 0 bridgehead atoms. The number of fused-ring (bicyclic) bond motifs is 1. The minimum Gasteiger partial charge on any atom is -0.493 e. The lowest BCUT2D eigenvalue weighted by Gasteiger charge is -2.26. The van der Waals surface area contributed by atoms with Crippen molar-refractivity contribution in [3.63, 3.8) is 0 Å². The molecule has 1 saturated carbocycles. The van der Waals surface area contributed by atoms with Crippen molar-refractivity contribution in [2.75, 3.05) is 12.4 Å². The van der Waals surface area contributed by atoms with Gasteiger partial charge in [0.05, 0.1) is 18.3 Å². The number of carboxylic acids is 1. The highest BCUT2D eigenvalue weighted by molar-refractivity contribution is 7.89. The molecule has 1 aromatic carbocycles. The summed E-state index contributed by atoms with van der Waals surface area (Å²) in [5, 5.41) is 8.99. The van der Waals surface area contributed by atoms with Crippen molar-refractivity contribution in [2.24, 2.45) is 5.92 Å². The van der Waals surface area contributed by atoms with Gasteiger partial charge in [0.2, 0.25) is 10.0 Å². The first-order valence-electron chi connectivity index (χ1n) is 8.40. The van der Waals surface area contributed by atoms with Gasteiger partial charge in [0, 0.05) is 12.5 Å². The lowest BCUT2D eigenvalue weighted by Crippen LogP contribution is -2.40. The molecule has 2 N–H and O–H groups in total. The molecule has 24 heavy (non-hydrogen) atoms. The summed E-state index contributed by atoms with van der Waals surface area (Å²) in [6.45, 7) is 0.692. The maximum atomic E-state index is 12.3. The average Bonchev–Trinajstić information content (AvgIpc) is 3.01. The number of benzene rings is 1. The van der Waals surface area contributed by atoms with Crippen molar-refractivity contribution >= 4 is 16.0 Å². The minimum absolute atomic E-state index is 0.0471. The summed E-state index contributed by atoms with van der Waals surface area (Å²) in [6, 6.07) is 5.71. The van der Waals surface area contributed by atoms with Gasteiger partial charge in [-0.15, -0.1) is 0 Å². The van der Waals surface area contributed by atoms with Gasteiger partial charge in [-0.25, -0.2) is 13.1 Å². The predicted octanol–water partition coefficient (Wildman–Crippen LogP) is 1.73. The van der Waals surface area contributed by atoms with Crippen LogP contribution >= 0.6 is 0 Å². The van der Waals surface area contributed by atoms with Gasteiger partial charge in [-0.1, -0.05) is 12.1 Å². The van der Waals surface area contributed by atoms with E-state index >= 15 is 0 Å². The van der Waals surface area contributed by atoms with Crippen molar-refractivity contribution in [3.05, 3.63) is 29.3 Å². The van der Waals surface area contributed by atoms with Crippen LogP contribution < -0.4 is 9.46 Å². The van der Waals surface area contributed by atoms with E-state index in [0.717, 1.165) is 23.3 Å². The maximum Gasteiger partial charge on any atom is 0.306 e. The lowest BCUT2D eigenvalue weighted by atomic mass is 9.87. The Labute approximate surface area is 142 Å². The number of ether oxygens (including phenoxy) is 1. The second-order valence-electron chi connectivity index (χ2n) is 6.61. The Balaban J connectivity index is 1.50. The second kappa shape index (κ2) is 7.11. The first-order chi connectivity index (χ1) is 11.4. The molecule has 7 heteroatoms. The fourth-order valence-electron chi connectivity index (χ4n) is 3.42. The summed E-state index contributed by atoms with van der Waals surface area (Å²) in [5.41, 5.74) is 2.14. The van der Waals surface area contributed by atoms with Gasteiger partial charge in [0.25, 0.3) is 0 Å². The molecule has 2 aliphatic rings. The van der Waals surface area contributed by atoms with Crippen LogP contribution in [0.25, 0.3) is 0 Å². The van der Waals surface area contributed by atoms with Crippen molar-refractivity contribution in [1.82, 2.24) is 4.72 Å². The molecule has 1 aliphatic carbocycles. The van der Waals surface area contributed by atoms with E-state index in [1.807, 2.05) is 18.2 Å². The zero-order valence-corrected chi connectivity index (χ0v) is 14.3. The molecule has 3 rings (SSSR count). The topological polar surface area (TPSA) is 92.7 Å². The van der Waals surface area contributed by atoms with E-state index in [4.69, 9.17) is 9.84 Å². The Hall–Kier alpha value is -1.60. The number of aliphatic carboxylic acids is 1. The lowest BCUT2D eigenvalue weighted by molar-refractivity contribution is -0.142. The van der Waals surface area contributed by atoms with Crippen LogP contribution in [0.2, 0.25) is 0 Å². The van der Waals surface area contributed by atoms with Crippen molar-refractivity contribution in [2.45, 2.75) is 44.6 Å². The summed E-state index contributed by atoms with van der Waals surface area (Å²) in [5.74, 6) is -0.169. The number of carboxylic acid groups (broad SMARTS) is 1. The van der Waals surface area contributed by atoms with E-state index in [9.17, 15) is 13.2 Å². The van der Waals surface area contributed by atoms with E-state index in [1.165, 1.54) is 0 Å². The van der Waals surface area contributed by atoms with Crippen LogP contribution in [0, 0.1) is 5.92 Å². The summed E-state index contributed by atoms with van der Waals surface area (Å²) in [6.07, 6.45) is 3.59. The third kappa shape index (κ3) is 4.27. The summed E-state index contributed by atoms with van der Waals surface area (Å²) in [7, 11) is -3.36. The summed E-state index contributed by atoms with van der Waals surface area (Å²) < 4.78 is 32.7. The average molecular weight is 353 g/mol. The van der Waals surface area contributed by atoms with Crippen LogP contribution in [0.1, 0.15) is 36.8 Å². The Bertz CT molecular complexity index is 708. The molecule has 0 aromatic heterocycles. The Morgan fingerprint density at radius 2 is 2.00 bits per heavy atom. The molecule has 0 amide bonds. The third-order valence-corrected chi connectivity index (χ3v) is 6.27. The largest absolute Gasteiger partial charge is 0.493 e. The van der Waals surface area contributed by atoms with Crippen molar-refractivity contribution in [1.29, 1.82) is 0 Å². The third-order valence-electron chi connectivity index (χ3n) is 4.84. The molecule has 0 saturated heterocycles. The Kier molecular flexibility index (Phi) is 5.10. The van der Waals surface area contributed by atoms with Crippen molar-refractivity contribution < 1.29 is 23.1 Å². The summed E-state index contributed by atoms with van der Waals surface area (Å²) >= 11 is 0. The van der Waals surface area contributed by atoms with Crippen LogP contribution in [0.15, 0.2) is 18.2 Å². The standard InChI is InChI=1S/C17H23NO5S/c19-17(20)13-2-4-15(5-3-13)18-24(21,22)10-8-12-1-6-16-14(11-12)7-9-23-16/h1,6,11,13,15,18H,2-5,7-10H2,(H,19,20). The van der Waals surface area contributed by atoms with E-state index in [1.54, 1.807) is 0 Å². The molecule has 1 aliphatic heterocycles.